The molecule has 1 aromatic carbocycles. The summed E-state index contributed by atoms with van der Waals surface area (Å²) in [7, 11) is 0. The number of hydrogen-bond acceptors (Lipinski definition) is 4. The fourth-order valence-corrected chi connectivity index (χ4v) is 2.95. The molecular weight excluding hydrogens is 306 g/mol. The maximum atomic E-state index is 11.9. The molecule has 1 heterocycles. The van der Waals surface area contributed by atoms with Gasteiger partial charge in [0, 0.05) is 11.6 Å². The van der Waals surface area contributed by atoms with Crippen molar-refractivity contribution in [2.24, 2.45) is 5.73 Å². The second-order valence-corrected chi connectivity index (χ2v) is 6.34. The summed E-state index contributed by atoms with van der Waals surface area (Å²) in [6.07, 6.45) is 1.60. The van der Waals surface area contributed by atoms with Gasteiger partial charge in [-0.3, -0.25) is 4.79 Å². The summed E-state index contributed by atoms with van der Waals surface area (Å²) < 4.78 is 1.09. The first-order chi connectivity index (χ1) is 9.51. The van der Waals surface area contributed by atoms with Crippen LogP contribution in [0.1, 0.15) is 44.5 Å². The number of benzene rings is 1. The van der Waals surface area contributed by atoms with Crippen molar-refractivity contribution in [2.45, 2.75) is 45.6 Å². The lowest BCUT2D eigenvalue weighted by atomic mass is 10.1. The molecule has 0 aliphatic carbocycles. The number of fused-ring (bicyclic) bond motifs is 1. The zero-order valence-electron chi connectivity index (χ0n) is 12.6. The Morgan fingerprint density at radius 2 is 2.14 bits per heavy atom. The molecule has 1 atom stereocenters. The number of carbonyl (C=O) groups excluding carboxylic acids is 1. The van der Waals surface area contributed by atoms with Gasteiger partial charge < -0.3 is 11.1 Å². The van der Waals surface area contributed by atoms with Crippen LogP contribution < -0.4 is 11.1 Å². The molecule has 0 aliphatic heterocycles. The van der Waals surface area contributed by atoms with Gasteiger partial charge >= 0.3 is 0 Å². The van der Waals surface area contributed by atoms with Crippen molar-refractivity contribution in [2.75, 3.05) is 5.32 Å². The van der Waals surface area contributed by atoms with Crippen LogP contribution in [0, 0.1) is 0 Å². The number of nitrogens with two attached hydrogens (primary N) is 1. The molecule has 3 N–H and O–H groups in total. The van der Waals surface area contributed by atoms with Gasteiger partial charge in [0.25, 0.3) is 0 Å². The van der Waals surface area contributed by atoms with Gasteiger partial charge in [0.1, 0.15) is 0 Å². The Balaban J connectivity index is 0.00000220. The predicted molar refractivity (Wildman–Crippen MR) is 92.5 cm³/mol. The zero-order valence-corrected chi connectivity index (χ0v) is 14.2. The summed E-state index contributed by atoms with van der Waals surface area (Å²) in [5, 5.41) is 3.99. The largest absolute Gasteiger partial charge is 0.325 e. The lowest BCUT2D eigenvalue weighted by Crippen LogP contribution is -2.35. The number of thiazole rings is 1. The molecule has 1 aromatic heterocycles. The fraction of sp³-hybridized carbons (Fsp3) is 0.467. The van der Waals surface area contributed by atoms with E-state index in [0.29, 0.717) is 12.3 Å². The Morgan fingerprint density at radius 1 is 1.43 bits per heavy atom. The molecule has 1 amide bonds. The maximum Gasteiger partial charge on any atom is 0.241 e. The number of halogens is 1. The maximum absolute atomic E-state index is 11.9. The van der Waals surface area contributed by atoms with Gasteiger partial charge in [-0.05, 0) is 24.6 Å². The van der Waals surface area contributed by atoms with Gasteiger partial charge in [-0.1, -0.05) is 27.2 Å². The minimum absolute atomic E-state index is 0. The van der Waals surface area contributed by atoms with Crippen LogP contribution in [0.25, 0.3) is 10.2 Å². The van der Waals surface area contributed by atoms with Crippen LogP contribution in [-0.2, 0) is 4.79 Å². The van der Waals surface area contributed by atoms with Crippen LogP contribution >= 0.6 is 23.7 Å². The molecule has 4 nitrogen and oxygen atoms in total. The summed E-state index contributed by atoms with van der Waals surface area (Å²) >= 11 is 1.67. The molecule has 2 aromatic rings. The predicted octanol–water partition coefficient (Wildman–Crippen LogP) is 3.91. The molecule has 0 fully saturated rings. The van der Waals surface area contributed by atoms with E-state index in [1.54, 1.807) is 11.3 Å². The van der Waals surface area contributed by atoms with Gasteiger partial charge in [-0.15, -0.1) is 23.7 Å². The molecule has 6 heteroatoms. The van der Waals surface area contributed by atoms with Crippen LogP contribution in [0.5, 0.6) is 0 Å². The minimum Gasteiger partial charge on any atom is -0.325 e. The van der Waals surface area contributed by atoms with Gasteiger partial charge in [0.05, 0.1) is 21.3 Å². The molecular formula is C15H22ClN3OS. The smallest absolute Gasteiger partial charge is 0.241 e. The lowest BCUT2D eigenvalue weighted by Gasteiger charge is -2.10. The van der Waals surface area contributed by atoms with Crippen LogP contribution in [0.2, 0.25) is 0 Å². The molecule has 0 saturated carbocycles. The van der Waals surface area contributed by atoms with Gasteiger partial charge in [-0.25, -0.2) is 4.98 Å². The highest BCUT2D eigenvalue weighted by molar-refractivity contribution is 7.18. The standard InChI is InChI=1S/C15H21N3OS.ClH/c1-4-5-11(16)14(19)17-10-6-7-12-13(8-10)20-15(18-12)9(2)3;/h6-9,11H,4-5,16H2,1-3H3,(H,17,19);1H. The van der Waals surface area contributed by atoms with E-state index in [2.05, 4.69) is 24.1 Å². The number of nitrogens with one attached hydrogen (secondary N) is 1. The Hall–Kier alpha value is -1.17. The third-order valence-corrected chi connectivity index (χ3v) is 4.42. The van der Waals surface area contributed by atoms with Crippen molar-refractivity contribution in [1.29, 1.82) is 0 Å². The van der Waals surface area contributed by atoms with E-state index in [9.17, 15) is 4.79 Å². The van der Waals surface area contributed by atoms with Crippen molar-refractivity contribution >= 4 is 45.6 Å². The summed E-state index contributed by atoms with van der Waals surface area (Å²) in [6, 6.07) is 5.35. The van der Waals surface area contributed by atoms with Crippen LogP contribution in [0.3, 0.4) is 0 Å². The third kappa shape index (κ3) is 4.40. The number of nitrogens with zero attached hydrogens (tertiary/aromatic N) is 1. The number of amides is 1. The summed E-state index contributed by atoms with van der Waals surface area (Å²) in [6.45, 7) is 6.28. The van der Waals surface area contributed by atoms with E-state index in [1.807, 2.05) is 25.1 Å². The zero-order chi connectivity index (χ0) is 14.7. The quantitative estimate of drug-likeness (QED) is 0.874. The SMILES string of the molecule is CCCC(N)C(=O)Nc1ccc2nc(C(C)C)sc2c1.Cl. The Labute approximate surface area is 135 Å². The average molecular weight is 328 g/mol. The molecule has 0 radical (unpaired) electrons. The summed E-state index contributed by atoms with van der Waals surface area (Å²) in [5.41, 5.74) is 7.58. The van der Waals surface area contributed by atoms with E-state index in [4.69, 9.17) is 5.73 Å². The van der Waals surface area contributed by atoms with E-state index in [-0.39, 0.29) is 18.3 Å². The fourth-order valence-electron chi connectivity index (χ4n) is 1.94. The summed E-state index contributed by atoms with van der Waals surface area (Å²) in [5.74, 6) is 0.295. The van der Waals surface area contributed by atoms with Gasteiger partial charge in [-0.2, -0.15) is 0 Å². The second-order valence-electron chi connectivity index (χ2n) is 5.27. The molecule has 1 unspecified atom stereocenters. The van der Waals surface area contributed by atoms with E-state index in [1.165, 1.54) is 0 Å². The summed E-state index contributed by atoms with van der Waals surface area (Å²) in [4.78, 5) is 16.5. The second kappa shape index (κ2) is 7.73. The number of carbonyl (C=O) groups is 1. The van der Waals surface area contributed by atoms with E-state index in [0.717, 1.165) is 27.3 Å². The first-order valence-electron chi connectivity index (χ1n) is 6.98. The highest BCUT2D eigenvalue weighted by Gasteiger charge is 2.13. The van der Waals surface area contributed by atoms with E-state index >= 15 is 0 Å². The van der Waals surface area contributed by atoms with Crippen LogP contribution in [-0.4, -0.2) is 16.9 Å². The molecule has 0 saturated heterocycles. The van der Waals surface area contributed by atoms with Gasteiger partial charge in [0.2, 0.25) is 5.91 Å². The molecule has 116 valence electrons. The first-order valence-corrected chi connectivity index (χ1v) is 7.79. The number of hydrogen-bond donors (Lipinski definition) is 2. The van der Waals surface area contributed by atoms with Crippen LogP contribution in [0.15, 0.2) is 18.2 Å². The van der Waals surface area contributed by atoms with Gasteiger partial charge in [0.15, 0.2) is 0 Å². The normalized spacial score (nSPS) is 12.2. The molecule has 2 rings (SSSR count). The van der Waals surface area contributed by atoms with Crippen molar-refractivity contribution in [3.63, 3.8) is 0 Å². The third-order valence-electron chi connectivity index (χ3n) is 3.10. The van der Waals surface area contributed by atoms with E-state index < -0.39 is 6.04 Å². The first kappa shape index (κ1) is 17.9. The number of aromatic nitrogens is 1. The van der Waals surface area contributed by atoms with Crippen molar-refractivity contribution in [1.82, 2.24) is 4.98 Å². The lowest BCUT2D eigenvalue weighted by molar-refractivity contribution is -0.117. The Kier molecular flexibility index (Phi) is 6.58. The van der Waals surface area contributed by atoms with Crippen molar-refractivity contribution in [3.8, 4) is 0 Å². The number of rotatable bonds is 5. The Morgan fingerprint density at radius 3 is 2.76 bits per heavy atom. The van der Waals surface area contributed by atoms with Crippen molar-refractivity contribution < 1.29 is 4.79 Å². The number of anilines is 1. The topological polar surface area (TPSA) is 68.0 Å². The highest BCUT2D eigenvalue weighted by Crippen LogP contribution is 2.29. The molecule has 21 heavy (non-hydrogen) atoms. The molecule has 0 aliphatic rings. The molecule has 0 bridgehead atoms. The average Bonchev–Trinajstić information content (AvgIpc) is 2.82. The molecule has 0 spiro atoms. The monoisotopic (exact) mass is 327 g/mol. The highest BCUT2D eigenvalue weighted by atomic mass is 35.5. The van der Waals surface area contributed by atoms with Crippen LogP contribution in [0.4, 0.5) is 5.69 Å². The van der Waals surface area contributed by atoms with Crippen molar-refractivity contribution in [3.05, 3.63) is 23.2 Å². The minimum atomic E-state index is -0.441. The Bertz CT molecular complexity index is 612.